The van der Waals surface area contributed by atoms with Gasteiger partial charge in [-0.15, -0.1) is 0 Å². The van der Waals surface area contributed by atoms with Gasteiger partial charge in [0.25, 0.3) is 0 Å². The van der Waals surface area contributed by atoms with Gasteiger partial charge in [0.15, 0.2) is 0 Å². The number of hydrogen-bond acceptors (Lipinski definition) is 5. The predicted octanol–water partition coefficient (Wildman–Crippen LogP) is 2.26. The lowest BCUT2D eigenvalue weighted by atomic mass is 9.99. The maximum Gasteiger partial charge on any atom is 0.248 e. The van der Waals surface area contributed by atoms with Crippen LogP contribution in [-0.4, -0.2) is 33.7 Å². The van der Waals surface area contributed by atoms with Gasteiger partial charge in [0.2, 0.25) is 5.91 Å². The number of quaternary nitrogens is 1. The van der Waals surface area contributed by atoms with Crippen LogP contribution in [-0.2, 0) is 0 Å². The molecule has 0 atom stereocenters. The molecular formula is C24H24N7O+. The largest absolute Gasteiger partial charge is 0.398 e. The molecule has 0 spiro atoms. The highest BCUT2D eigenvalue weighted by Gasteiger charge is 2.15. The van der Waals surface area contributed by atoms with E-state index in [-0.39, 0.29) is 0 Å². The third-order valence-corrected chi connectivity index (χ3v) is 5.23. The molecule has 32 heavy (non-hydrogen) atoms. The Hall–Kier alpha value is -4.30. The number of nitrogens with two attached hydrogens (primary N) is 3. The number of imidazole rings is 1. The summed E-state index contributed by atoms with van der Waals surface area (Å²) < 4.78 is 1.94. The van der Waals surface area contributed by atoms with E-state index in [2.05, 4.69) is 4.98 Å². The first kappa shape index (κ1) is 21.0. The number of nitrogens with zero attached hydrogens (tertiary/aromatic N) is 3. The summed E-state index contributed by atoms with van der Waals surface area (Å²) in [7, 11) is 1.91. The summed E-state index contributed by atoms with van der Waals surface area (Å²) in [5.41, 5.74) is 17.1. The summed E-state index contributed by atoms with van der Waals surface area (Å²) in [6.07, 6.45) is 6.79. The average molecular weight is 427 g/mol. The minimum Gasteiger partial charge on any atom is -0.398 e. The first-order chi connectivity index (χ1) is 15.4. The first-order valence-electron chi connectivity index (χ1n) is 10.1. The lowest BCUT2D eigenvalue weighted by Gasteiger charge is -2.14. The van der Waals surface area contributed by atoms with Crippen molar-refractivity contribution in [2.24, 2.45) is 5.73 Å². The van der Waals surface area contributed by atoms with Crippen molar-refractivity contribution in [1.29, 1.82) is 5.41 Å². The third-order valence-electron chi connectivity index (χ3n) is 5.23. The molecule has 0 aliphatic rings. The van der Waals surface area contributed by atoms with Crippen molar-refractivity contribution in [3.8, 4) is 16.9 Å². The predicted molar refractivity (Wildman–Crippen MR) is 127 cm³/mol. The van der Waals surface area contributed by atoms with Crippen LogP contribution >= 0.6 is 0 Å². The SMILES string of the molecule is C[NH2+]/C=C(\C=N)c1cn(-c2cccc3c(-c4ccc(C(N)=O)cc4N)nc(C)cc23)cn1. The summed E-state index contributed by atoms with van der Waals surface area (Å²) in [6, 6.07) is 13.0. The van der Waals surface area contributed by atoms with Gasteiger partial charge in [0, 0.05) is 45.7 Å². The number of carbonyl (C=O) groups is 1. The van der Waals surface area contributed by atoms with Crippen molar-refractivity contribution in [3.63, 3.8) is 0 Å². The summed E-state index contributed by atoms with van der Waals surface area (Å²) >= 11 is 0. The van der Waals surface area contributed by atoms with Crippen molar-refractivity contribution in [3.05, 3.63) is 78.1 Å². The molecule has 0 saturated carbocycles. The summed E-state index contributed by atoms with van der Waals surface area (Å²) in [6.45, 7) is 1.93. The Balaban J connectivity index is 1.90. The average Bonchev–Trinajstić information content (AvgIpc) is 3.26. The highest BCUT2D eigenvalue weighted by molar-refractivity contribution is 6.07. The van der Waals surface area contributed by atoms with Crippen molar-refractivity contribution in [2.45, 2.75) is 6.92 Å². The number of carbonyl (C=O) groups excluding carboxylic acids is 1. The van der Waals surface area contributed by atoms with Crippen LogP contribution in [0.25, 0.3) is 33.3 Å². The number of anilines is 1. The number of nitrogen functional groups attached to an aromatic ring is 1. The molecule has 2 aromatic heterocycles. The molecule has 0 fully saturated rings. The van der Waals surface area contributed by atoms with Crippen LogP contribution in [0.1, 0.15) is 21.7 Å². The minimum absolute atomic E-state index is 0.356. The molecule has 4 aromatic rings. The van der Waals surface area contributed by atoms with Gasteiger partial charge in [-0.1, -0.05) is 12.1 Å². The van der Waals surface area contributed by atoms with Gasteiger partial charge in [-0.25, -0.2) is 4.98 Å². The molecule has 1 amide bonds. The number of nitrogens with one attached hydrogen (secondary N) is 1. The number of rotatable bonds is 6. The molecule has 0 saturated heterocycles. The summed E-state index contributed by atoms with van der Waals surface area (Å²) in [5, 5.41) is 11.4. The minimum atomic E-state index is -0.525. The molecule has 0 aliphatic carbocycles. The molecular weight excluding hydrogens is 402 g/mol. The zero-order valence-electron chi connectivity index (χ0n) is 17.8. The van der Waals surface area contributed by atoms with E-state index < -0.39 is 5.91 Å². The number of pyridine rings is 1. The number of allylic oxidation sites excluding steroid dienone is 1. The molecule has 0 unspecified atom stereocenters. The van der Waals surface area contributed by atoms with Crippen molar-refractivity contribution in [2.75, 3.05) is 12.8 Å². The lowest BCUT2D eigenvalue weighted by Crippen LogP contribution is -2.72. The van der Waals surface area contributed by atoms with Crippen LogP contribution < -0.4 is 16.8 Å². The van der Waals surface area contributed by atoms with Crippen LogP contribution in [0.3, 0.4) is 0 Å². The van der Waals surface area contributed by atoms with E-state index in [1.165, 1.54) is 6.21 Å². The number of amides is 1. The van der Waals surface area contributed by atoms with Gasteiger partial charge in [-0.3, -0.25) is 9.78 Å². The fraction of sp³-hybridized carbons (Fsp3) is 0.0833. The smallest absolute Gasteiger partial charge is 0.248 e. The molecule has 0 radical (unpaired) electrons. The van der Waals surface area contributed by atoms with E-state index in [1.807, 2.05) is 60.5 Å². The fourth-order valence-corrected chi connectivity index (χ4v) is 3.74. The number of primary amides is 1. The van der Waals surface area contributed by atoms with Gasteiger partial charge >= 0.3 is 0 Å². The third kappa shape index (κ3) is 3.75. The van der Waals surface area contributed by atoms with Crippen LogP contribution in [0.4, 0.5) is 5.69 Å². The van der Waals surface area contributed by atoms with Crippen LogP contribution in [0, 0.1) is 12.3 Å². The molecule has 0 aliphatic heterocycles. The number of benzene rings is 2. The topological polar surface area (TPSA) is 140 Å². The first-order valence-corrected chi connectivity index (χ1v) is 10.1. The molecule has 160 valence electrons. The molecule has 2 aromatic carbocycles. The van der Waals surface area contributed by atoms with Crippen LogP contribution in [0.15, 0.2) is 61.2 Å². The van der Waals surface area contributed by atoms with Crippen LogP contribution in [0.5, 0.6) is 0 Å². The zero-order chi connectivity index (χ0) is 22.8. The lowest BCUT2D eigenvalue weighted by molar-refractivity contribution is -0.555. The molecule has 8 heteroatoms. The Kier molecular flexibility index (Phi) is 5.53. The van der Waals surface area contributed by atoms with E-state index in [0.717, 1.165) is 39.0 Å². The number of aromatic nitrogens is 3. The highest BCUT2D eigenvalue weighted by atomic mass is 16.1. The Morgan fingerprint density at radius 2 is 2.00 bits per heavy atom. The Morgan fingerprint density at radius 3 is 2.69 bits per heavy atom. The van der Waals surface area contributed by atoms with E-state index in [9.17, 15) is 4.79 Å². The second kappa shape index (κ2) is 8.44. The van der Waals surface area contributed by atoms with Gasteiger partial charge in [0.1, 0.15) is 6.20 Å². The second-order valence-corrected chi connectivity index (χ2v) is 7.42. The Labute approximate surface area is 185 Å². The fourth-order valence-electron chi connectivity index (χ4n) is 3.74. The second-order valence-electron chi connectivity index (χ2n) is 7.42. The highest BCUT2D eigenvalue weighted by Crippen LogP contribution is 2.34. The number of fused-ring (bicyclic) bond motifs is 1. The molecule has 4 rings (SSSR count). The Morgan fingerprint density at radius 1 is 1.19 bits per heavy atom. The summed E-state index contributed by atoms with van der Waals surface area (Å²) in [4.78, 5) is 20.7. The van der Waals surface area contributed by atoms with E-state index in [4.69, 9.17) is 21.9 Å². The van der Waals surface area contributed by atoms with Crippen LogP contribution in [0.2, 0.25) is 0 Å². The van der Waals surface area contributed by atoms with E-state index in [0.29, 0.717) is 16.9 Å². The maximum absolute atomic E-state index is 11.5. The molecule has 2 heterocycles. The Bertz CT molecular complexity index is 1380. The quantitative estimate of drug-likeness (QED) is 0.277. The van der Waals surface area contributed by atoms with Gasteiger partial charge < -0.3 is 26.8 Å². The van der Waals surface area contributed by atoms with Crippen molar-refractivity contribution < 1.29 is 10.1 Å². The van der Waals surface area contributed by atoms with Crippen molar-refractivity contribution in [1.82, 2.24) is 14.5 Å². The summed E-state index contributed by atoms with van der Waals surface area (Å²) in [5.74, 6) is -0.525. The van der Waals surface area contributed by atoms with E-state index in [1.54, 1.807) is 24.5 Å². The maximum atomic E-state index is 11.5. The molecule has 7 N–H and O–H groups in total. The van der Waals surface area contributed by atoms with Gasteiger partial charge in [-0.2, -0.15) is 0 Å². The monoisotopic (exact) mass is 426 g/mol. The van der Waals surface area contributed by atoms with Gasteiger partial charge in [-0.05, 0) is 37.3 Å². The normalized spacial score (nSPS) is 11.6. The number of hydrogen-bond donors (Lipinski definition) is 4. The van der Waals surface area contributed by atoms with Crippen molar-refractivity contribution >= 4 is 34.2 Å². The standard InChI is InChI=1S/C24H23N7O/c1-14-8-19-17(23(30-14)18-7-6-15(24(27)32)9-20(18)26)4-3-5-22(19)31-12-21(29-13-31)16(10-25)11-28-2/h3-13,25,28H,26H2,1-2H3,(H2,27,32)/p+1/b16-11+,25-10?. The molecule has 0 bridgehead atoms. The van der Waals surface area contributed by atoms with E-state index >= 15 is 0 Å². The molecule has 8 nitrogen and oxygen atoms in total. The zero-order valence-corrected chi connectivity index (χ0v) is 17.8. The van der Waals surface area contributed by atoms with Gasteiger partial charge in [0.05, 0.1) is 36.0 Å². The number of aryl methyl sites for hydroxylation is 1.